The van der Waals surface area contributed by atoms with Crippen LogP contribution in [-0.2, 0) is 0 Å². The van der Waals surface area contributed by atoms with Gasteiger partial charge in [-0.1, -0.05) is 6.92 Å². The van der Waals surface area contributed by atoms with Gasteiger partial charge in [0.25, 0.3) is 0 Å². The lowest BCUT2D eigenvalue weighted by molar-refractivity contribution is 0.155. The van der Waals surface area contributed by atoms with E-state index in [1.165, 1.54) is 25.7 Å². The molecule has 0 saturated heterocycles. The molecule has 3 fully saturated rings. The van der Waals surface area contributed by atoms with Crippen molar-refractivity contribution in [3.8, 4) is 0 Å². The van der Waals surface area contributed by atoms with E-state index in [9.17, 15) is 0 Å². The minimum absolute atomic E-state index is 0.603. The van der Waals surface area contributed by atoms with Gasteiger partial charge in [-0.05, 0) is 49.4 Å². The second kappa shape index (κ2) is 2.12. The third kappa shape index (κ3) is 0.725. The quantitative estimate of drug-likeness (QED) is 0.567. The third-order valence-corrected chi connectivity index (χ3v) is 4.54. The molecule has 3 aliphatic carbocycles. The molecular weight excluding hydrogens is 146 g/mol. The highest BCUT2D eigenvalue weighted by molar-refractivity contribution is 5.87. The molecule has 0 spiro atoms. The van der Waals surface area contributed by atoms with E-state index >= 15 is 0 Å². The number of nitrogens with one attached hydrogen (secondary N) is 1. The third-order valence-electron chi connectivity index (χ3n) is 4.54. The van der Waals surface area contributed by atoms with Crippen molar-refractivity contribution in [3.63, 3.8) is 0 Å². The van der Waals surface area contributed by atoms with Crippen molar-refractivity contribution in [2.45, 2.75) is 32.6 Å². The lowest BCUT2D eigenvalue weighted by atomic mass is 9.62. The summed E-state index contributed by atoms with van der Waals surface area (Å²) in [5, 5.41) is 8.03. The van der Waals surface area contributed by atoms with E-state index in [2.05, 4.69) is 6.92 Å². The van der Waals surface area contributed by atoms with Crippen molar-refractivity contribution in [2.75, 3.05) is 0 Å². The Morgan fingerprint density at radius 3 is 2.83 bits per heavy atom. The Hall–Kier alpha value is -0.330. The summed E-state index contributed by atoms with van der Waals surface area (Å²) in [5.41, 5.74) is 1.10. The molecule has 5 atom stereocenters. The van der Waals surface area contributed by atoms with Gasteiger partial charge in [-0.15, -0.1) is 0 Å². The van der Waals surface area contributed by atoms with Crippen molar-refractivity contribution < 1.29 is 0 Å². The largest absolute Gasteiger partial charge is 0.309 e. The predicted octanol–water partition coefficient (Wildman–Crippen LogP) is 2.71. The van der Waals surface area contributed by atoms with Crippen LogP contribution in [0, 0.1) is 35.0 Å². The lowest BCUT2D eigenvalue weighted by Crippen LogP contribution is -2.40. The fraction of sp³-hybridized carbons (Fsp3) is 0.909. The molecule has 0 aromatic heterocycles. The van der Waals surface area contributed by atoms with E-state index in [1.807, 2.05) is 0 Å². The smallest absolute Gasteiger partial charge is 0.0151 e. The molecule has 5 unspecified atom stereocenters. The topological polar surface area (TPSA) is 23.9 Å². The molecule has 0 amide bonds. The maximum Gasteiger partial charge on any atom is 0.0151 e. The van der Waals surface area contributed by atoms with E-state index in [0.29, 0.717) is 5.92 Å². The Labute approximate surface area is 74.1 Å². The van der Waals surface area contributed by atoms with Gasteiger partial charge < -0.3 is 5.41 Å². The maximum atomic E-state index is 8.03. The number of hydrogen-bond donors (Lipinski definition) is 1. The first-order valence-electron chi connectivity index (χ1n) is 5.34. The second-order valence-corrected chi connectivity index (χ2v) is 5.20. The van der Waals surface area contributed by atoms with E-state index in [-0.39, 0.29) is 0 Å². The molecule has 3 rings (SSSR count). The van der Waals surface area contributed by atoms with Gasteiger partial charge in [0.1, 0.15) is 0 Å². The molecule has 66 valence electrons. The summed E-state index contributed by atoms with van der Waals surface area (Å²) in [6.45, 7) is 2.26. The Morgan fingerprint density at radius 1 is 1.17 bits per heavy atom. The molecule has 2 bridgehead atoms. The van der Waals surface area contributed by atoms with E-state index in [1.54, 1.807) is 0 Å². The molecule has 1 N–H and O–H groups in total. The molecule has 0 radical (unpaired) electrons. The van der Waals surface area contributed by atoms with E-state index in [4.69, 9.17) is 5.41 Å². The highest BCUT2D eigenvalue weighted by Gasteiger charge is 2.52. The van der Waals surface area contributed by atoms with Gasteiger partial charge in [0, 0.05) is 11.6 Å². The zero-order valence-corrected chi connectivity index (χ0v) is 7.72. The standard InChI is InChI=1S/C11H17N/c1-6-2-7-3-8-5-10(11(6)12)9(8)4-7/h6-10,12H,2-5H2,1H3. The second-order valence-electron chi connectivity index (χ2n) is 5.20. The Kier molecular flexibility index (Phi) is 1.26. The summed E-state index contributed by atoms with van der Waals surface area (Å²) in [6, 6.07) is 0. The molecule has 3 saturated carbocycles. The zero-order valence-electron chi connectivity index (χ0n) is 7.72. The van der Waals surface area contributed by atoms with Crippen LogP contribution in [0.1, 0.15) is 32.6 Å². The van der Waals surface area contributed by atoms with Crippen LogP contribution in [0.4, 0.5) is 0 Å². The van der Waals surface area contributed by atoms with E-state index in [0.717, 1.165) is 29.4 Å². The highest BCUT2D eigenvalue weighted by Crippen LogP contribution is 2.58. The molecule has 0 aromatic carbocycles. The normalized spacial score (nSPS) is 56.4. The predicted molar refractivity (Wildman–Crippen MR) is 49.3 cm³/mol. The minimum atomic E-state index is 0.603. The Bertz CT molecular complexity index is 233. The van der Waals surface area contributed by atoms with Crippen LogP contribution < -0.4 is 0 Å². The van der Waals surface area contributed by atoms with Gasteiger partial charge >= 0.3 is 0 Å². The Morgan fingerprint density at radius 2 is 2.00 bits per heavy atom. The van der Waals surface area contributed by atoms with Crippen molar-refractivity contribution in [2.24, 2.45) is 29.6 Å². The molecular formula is C11H17N. The minimum Gasteiger partial charge on any atom is -0.309 e. The first-order valence-corrected chi connectivity index (χ1v) is 5.34. The lowest BCUT2D eigenvalue weighted by Gasteiger charge is -2.42. The van der Waals surface area contributed by atoms with Crippen molar-refractivity contribution in [3.05, 3.63) is 0 Å². The van der Waals surface area contributed by atoms with Crippen LogP contribution in [0.25, 0.3) is 0 Å². The number of fused-ring (bicyclic) bond motifs is 1. The van der Waals surface area contributed by atoms with Gasteiger partial charge in [0.2, 0.25) is 0 Å². The van der Waals surface area contributed by atoms with Gasteiger partial charge in [-0.2, -0.15) is 0 Å². The van der Waals surface area contributed by atoms with Gasteiger partial charge in [0.05, 0.1) is 0 Å². The molecule has 0 heterocycles. The molecule has 1 nitrogen and oxygen atoms in total. The maximum absolute atomic E-state index is 8.03. The first-order chi connectivity index (χ1) is 5.75. The van der Waals surface area contributed by atoms with Crippen LogP contribution in [-0.4, -0.2) is 5.71 Å². The molecule has 12 heavy (non-hydrogen) atoms. The fourth-order valence-electron chi connectivity index (χ4n) is 3.89. The number of rotatable bonds is 0. The van der Waals surface area contributed by atoms with Crippen LogP contribution in [0.3, 0.4) is 0 Å². The summed E-state index contributed by atoms with van der Waals surface area (Å²) in [4.78, 5) is 0. The fourth-order valence-corrected chi connectivity index (χ4v) is 3.89. The summed E-state index contributed by atoms with van der Waals surface area (Å²) in [7, 11) is 0. The average Bonchev–Trinajstić information content (AvgIpc) is 2.25. The van der Waals surface area contributed by atoms with Gasteiger partial charge in [0.15, 0.2) is 0 Å². The summed E-state index contributed by atoms with van der Waals surface area (Å²) >= 11 is 0. The van der Waals surface area contributed by atoms with Crippen LogP contribution in [0.15, 0.2) is 0 Å². The van der Waals surface area contributed by atoms with Crippen molar-refractivity contribution in [1.29, 1.82) is 5.41 Å². The van der Waals surface area contributed by atoms with Crippen molar-refractivity contribution in [1.82, 2.24) is 0 Å². The SMILES string of the molecule is CC1CC2CC3CC(C1=N)C3C2. The van der Waals surface area contributed by atoms with Crippen molar-refractivity contribution >= 4 is 5.71 Å². The summed E-state index contributed by atoms with van der Waals surface area (Å²) in [6.07, 6.45) is 5.65. The highest BCUT2D eigenvalue weighted by atomic mass is 14.6. The average molecular weight is 163 g/mol. The van der Waals surface area contributed by atoms with Crippen LogP contribution in [0.5, 0.6) is 0 Å². The van der Waals surface area contributed by atoms with Crippen LogP contribution in [0.2, 0.25) is 0 Å². The monoisotopic (exact) mass is 163 g/mol. The summed E-state index contributed by atoms with van der Waals surface area (Å²) < 4.78 is 0. The molecule has 0 aliphatic heterocycles. The number of hydrogen-bond acceptors (Lipinski definition) is 1. The molecule has 3 aliphatic rings. The van der Waals surface area contributed by atoms with E-state index < -0.39 is 0 Å². The molecule has 1 heteroatoms. The molecule has 0 aromatic rings. The van der Waals surface area contributed by atoms with Gasteiger partial charge in [-0.25, -0.2) is 0 Å². The first kappa shape index (κ1) is 7.11. The van der Waals surface area contributed by atoms with Gasteiger partial charge in [-0.3, -0.25) is 0 Å². The summed E-state index contributed by atoms with van der Waals surface area (Å²) in [5.74, 6) is 4.30. The zero-order chi connectivity index (χ0) is 8.29. The van der Waals surface area contributed by atoms with Crippen LogP contribution >= 0.6 is 0 Å². The Balaban J connectivity index is 1.93.